The molecule has 12 rings (SSSR count). The number of hydrogen-bond donors (Lipinski definition) is 2. The fourth-order valence-electron chi connectivity index (χ4n) is 11.9. The molecule has 2 saturated heterocycles. The number of nitro groups is 2. The Morgan fingerprint density at radius 3 is 1.20 bits per heavy atom. The molecule has 4 aliphatic rings. The highest BCUT2D eigenvalue weighted by atomic mass is 16.6. The van der Waals surface area contributed by atoms with E-state index >= 15 is 0 Å². The van der Waals surface area contributed by atoms with Crippen molar-refractivity contribution in [1.29, 1.82) is 0 Å². The number of esters is 1. The van der Waals surface area contributed by atoms with Crippen molar-refractivity contribution in [1.82, 2.24) is 29.7 Å². The smallest absolute Gasteiger partial charge is 0.410 e. The molecular weight excluding hydrogens is 1320 g/mol. The highest BCUT2D eigenvalue weighted by Crippen LogP contribution is 2.39. The molecule has 5 amide bonds. The number of hydrogen-bond acceptors (Lipinski definition) is 23. The average Bonchev–Trinajstić information content (AvgIpc) is 0.769. The van der Waals surface area contributed by atoms with E-state index in [0.717, 1.165) is 48.9 Å². The number of carbonyl (C=O) groups excluding carboxylic acids is 4. The molecule has 6 heterocycles. The van der Waals surface area contributed by atoms with Gasteiger partial charge in [-0.3, -0.25) is 49.5 Å². The van der Waals surface area contributed by atoms with Crippen LogP contribution in [0.2, 0.25) is 0 Å². The van der Waals surface area contributed by atoms with Gasteiger partial charge < -0.3 is 53.8 Å². The first kappa shape index (κ1) is 72.2. The largest absolute Gasteiger partial charge is 0.497 e. The lowest BCUT2D eigenvalue weighted by atomic mass is 10.1. The van der Waals surface area contributed by atoms with Crippen LogP contribution >= 0.6 is 0 Å². The third-order valence-electron chi connectivity index (χ3n) is 17.1. The van der Waals surface area contributed by atoms with Crippen LogP contribution in [0.4, 0.5) is 83.4 Å². The number of nitrogens with zero attached hydrogens (tertiary/aromatic N) is 14. The molecular formula is C73H82N16O14. The SMILES string of the molecule is COc1cc(OC)cc(N2Cc3cnc(Nc4ccc(N5CCN(C(=O)OC(C)(C)C)CC5)cc4)nc3N(Cc3ccc([N+](=O)[O-])cc3)C2=O)c1.COc1cc(OC)cc(N2Cc3cnc(Nc4ccc(N5CCN(CC(=O)OC(C)(C)C)CC5)cc4)nc3N(Cc3ccc([N+](=O)[O-])cc3)C2=O)c1. The van der Waals surface area contributed by atoms with Gasteiger partial charge in [0.2, 0.25) is 11.9 Å². The van der Waals surface area contributed by atoms with E-state index in [4.69, 9.17) is 38.4 Å². The predicted molar refractivity (Wildman–Crippen MR) is 389 cm³/mol. The zero-order chi connectivity index (χ0) is 73.3. The minimum Gasteiger partial charge on any atom is -0.497 e. The number of fused-ring (bicyclic) bond motifs is 2. The molecule has 0 spiro atoms. The van der Waals surface area contributed by atoms with Crippen LogP contribution in [0, 0.1) is 20.2 Å². The summed E-state index contributed by atoms with van der Waals surface area (Å²) in [5.74, 6) is 3.33. The number of ether oxygens (including phenoxy) is 6. The van der Waals surface area contributed by atoms with Gasteiger partial charge in [0.15, 0.2) is 0 Å². The van der Waals surface area contributed by atoms with Crippen LogP contribution in [0.5, 0.6) is 23.0 Å². The van der Waals surface area contributed by atoms with Crippen molar-refractivity contribution in [2.75, 3.05) is 127 Å². The Kier molecular flexibility index (Phi) is 21.9. The van der Waals surface area contributed by atoms with Crippen LogP contribution in [0.25, 0.3) is 0 Å². The maximum absolute atomic E-state index is 14.2. The highest BCUT2D eigenvalue weighted by Gasteiger charge is 2.37. The van der Waals surface area contributed by atoms with Crippen molar-refractivity contribution in [2.24, 2.45) is 0 Å². The number of anilines is 10. The van der Waals surface area contributed by atoms with Gasteiger partial charge in [-0.05, 0) is 101 Å². The average molecular weight is 1410 g/mol. The van der Waals surface area contributed by atoms with Gasteiger partial charge in [-0.1, -0.05) is 24.3 Å². The second-order valence-electron chi connectivity index (χ2n) is 26.6. The molecule has 0 unspecified atom stereocenters. The molecule has 0 aliphatic carbocycles. The third-order valence-corrected chi connectivity index (χ3v) is 17.1. The number of nitrogens with one attached hydrogen (secondary N) is 2. The number of methoxy groups -OCH3 is 4. The van der Waals surface area contributed by atoms with E-state index in [2.05, 4.69) is 35.3 Å². The molecule has 0 radical (unpaired) electrons. The summed E-state index contributed by atoms with van der Waals surface area (Å²) < 4.78 is 32.8. The van der Waals surface area contributed by atoms with Gasteiger partial charge in [0.1, 0.15) is 45.8 Å². The predicted octanol–water partition coefficient (Wildman–Crippen LogP) is 12.1. The summed E-state index contributed by atoms with van der Waals surface area (Å²) in [4.78, 5) is 108. The lowest BCUT2D eigenvalue weighted by molar-refractivity contribution is -0.385. The molecule has 2 aromatic heterocycles. The van der Waals surface area contributed by atoms with Crippen LogP contribution in [0.1, 0.15) is 63.8 Å². The molecule has 6 aromatic carbocycles. The van der Waals surface area contributed by atoms with Gasteiger partial charge >= 0.3 is 24.1 Å². The summed E-state index contributed by atoms with van der Waals surface area (Å²) in [6.07, 6.45) is 3.08. The van der Waals surface area contributed by atoms with Gasteiger partial charge in [-0.2, -0.15) is 9.97 Å². The first-order chi connectivity index (χ1) is 49.3. The summed E-state index contributed by atoms with van der Waals surface area (Å²) in [6, 6.07) is 37.7. The van der Waals surface area contributed by atoms with Crippen molar-refractivity contribution >= 4 is 93.2 Å². The molecule has 0 bridgehead atoms. The fraction of sp³-hybridized carbons (Fsp3) is 0.342. The zero-order valence-electron chi connectivity index (χ0n) is 59.0. The minimum absolute atomic E-state index is 0.0421. The standard InChI is InChI=1S/C37H42N8O7.C36H40N8O7/c1-37(2,3)52-33(46)24-41-14-16-42(17-15-41)28-12-8-27(9-13-28)39-35-38-21-26-23-43(30-18-31(50-4)20-32(19-30)51-5)36(47)44(34(26)40-35)22-25-6-10-29(11-7-25)45(48)49;1-36(2,3)51-35(46)41-16-14-40(15-17-41)27-12-8-26(9-13-27)38-33-37-21-25-23-42(29-18-30(49-4)20-31(19-29)50-5)34(45)43(32(25)39-33)22-24-6-10-28(11-7-24)44(47)48/h6-13,18-21H,14-17,22-24H2,1-5H3,(H,38,39,40);6-13,18-21H,14-17,22-23H2,1-5H3,(H,37,38,39). The van der Waals surface area contributed by atoms with Crippen LogP contribution in [0.15, 0.2) is 146 Å². The maximum atomic E-state index is 14.2. The Labute approximate surface area is 595 Å². The van der Waals surface area contributed by atoms with E-state index in [9.17, 15) is 39.4 Å². The lowest BCUT2D eigenvalue weighted by Crippen LogP contribution is -2.50. The number of benzene rings is 6. The Bertz CT molecular complexity index is 4340. The second kappa shape index (κ2) is 31.2. The van der Waals surface area contributed by atoms with E-state index in [1.165, 1.54) is 48.3 Å². The topological polar surface area (TPSA) is 311 Å². The Morgan fingerprint density at radius 2 is 0.854 bits per heavy atom. The third kappa shape index (κ3) is 18.1. The summed E-state index contributed by atoms with van der Waals surface area (Å²) in [7, 11) is 6.16. The number of urea groups is 2. The van der Waals surface area contributed by atoms with E-state index in [0.29, 0.717) is 106 Å². The zero-order valence-corrected chi connectivity index (χ0v) is 59.0. The molecule has 0 saturated carbocycles. The summed E-state index contributed by atoms with van der Waals surface area (Å²) in [5.41, 5.74) is 6.36. The quantitative estimate of drug-likeness (QED) is 0.0407. The summed E-state index contributed by atoms with van der Waals surface area (Å²) in [5, 5.41) is 29.0. The molecule has 2 fully saturated rings. The number of carbonyl (C=O) groups is 4. The van der Waals surface area contributed by atoms with E-state index in [-0.39, 0.29) is 68.2 Å². The maximum Gasteiger partial charge on any atom is 0.410 e. The number of rotatable bonds is 20. The van der Waals surface area contributed by atoms with Crippen LogP contribution < -0.4 is 59.0 Å². The molecule has 2 N–H and O–H groups in total. The molecule has 0 atom stereocenters. The highest BCUT2D eigenvalue weighted by molar-refractivity contribution is 6.06. The fourth-order valence-corrected chi connectivity index (χ4v) is 11.9. The summed E-state index contributed by atoms with van der Waals surface area (Å²) >= 11 is 0. The van der Waals surface area contributed by atoms with E-state index in [1.54, 1.807) is 102 Å². The van der Waals surface area contributed by atoms with Gasteiger partial charge in [0.05, 0.1) is 82.4 Å². The van der Waals surface area contributed by atoms with Crippen molar-refractivity contribution in [3.63, 3.8) is 0 Å². The molecule has 103 heavy (non-hydrogen) atoms. The number of non-ortho nitro benzene ring substituents is 2. The van der Waals surface area contributed by atoms with Crippen LogP contribution in [-0.2, 0) is 40.4 Å². The molecule has 30 heteroatoms. The van der Waals surface area contributed by atoms with Gasteiger partial charge in [0.25, 0.3) is 11.4 Å². The first-order valence-corrected chi connectivity index (χ1v) is 33.3. The number of nitro benzene ring substituents is 2. The van der Waals surface area contributed by atoms with Crippen LogP contribution in [-0.4, -0.2) is 162 Å². The normalized spacial score (nSPS) is 14.7. The monoisotopic (exact) mass is 1410 g/mol. The number of aromatic nitrogens is 4. The van der Waals surface area contributed by atoms with Crippen molar-refractivity contribution in [3.05, 3.63) is 188 Å². The Morgan fingerprint density at radius 1 is 0.485 bits per heavy atom. The number of piperazine rings is 2. The van der Waals surface area contributed by atoms with Crippen molar-refractivity contribution < 1.29 is 57.4 Å². The first-order valence-electron chi connectivity index (χ1n) is 33.3. The second-order valence-corrected chi connectivity index (χ2v) is 26.6. The molecule has 4 aliphatic heterocycles. The van der Waals surface area contributed by atoms with E-state index < -0.39 is 21.0 Å². The minimum atomic E-state index is -0.536. The lowest BCUT2D eigenvalue weighted by Gasteiger charge is -2.36. The number of amides is 5. The van der Waals surface area contributed by atoms with Gasteiger partial charge in [0, 0.05) is 159 Å². The molecule has 30 nitrogen and oxygen atoms in total. The van der Waals surface area contributed by atoms with Gasteiger partial charge in [-0.15, -0.1) is 0 Å². The van der Waals surface area contributed by atoms with Crippen molar-refractivity contribution in [2.45, 2.75) is 78.9 Å². The Balaban J connectivity index is 0.000000207. The van der Waals surface area contributed by atoms with Crippen LogP contribution in [0.3, 0.4) is 0 Å². The van der Waals surface area contributed by atoms with E-state index in [1.807, 2.05) is 90.1 Å². The van der Waals surface area contributed by atoms with Crippen molar-refractivity contribution in [3.8, 4) is 23.0 Å². The summed E-state index contributed by atoms with van der Waals surface area (Å²) in [6.45, 7) is 17.6. The molecule has 8 aromatic rings. The molecule has 538 valence electrons. The van der Waals surface area contributed by atoms with Gasteiger partial charge in [-0.25, -0.2) is 24.4 Å². The Hall–Kier alpha value is -12.1.